The molecule has 2 atom stereocenters. The Bertz CT molecular complexity index is 1140. The van der Waals surface area contributed by atoms with E-state index in [2.05, 4.69) is 10.6 Å². The minimum absolute atomic E-state index is 0.0526. The van der Waals surface area contributed by atoms with Crippen LogP contribution in [0.25, 0.3) is 0 Å². The molecule has 2 N–H and O–H groups in total. The summed E-state index contributed by atoms with van der Waals surface area (Å²) >= 11 is 0. The molecule has 2 unspecified atom stereocenters. The first-order valence-corrected chi connectivity index (χ1v) is 11.0. The summed E-state index contributed by atoms with van der Waals surface area (Å²) in [6.45, 7) is 4.02. The molecule has 5 rings (SSSR count). The molecule has 32 heavy (non-hydrogen) atoms. The highest BCUT2D eigenvalue weighted by atomic mass is 16.5. The zero-order chi connectivity index (χ0) is 22.2. The average Bonchev–Trinajstić information content (AvgIpc) is 2.79. The molecule has 0 bridgehead atoms. The minimum Gasteiger partial charge on any atom is -0.457 e. The summed E-state index contributed by atoms with van der Waals surface area (Å²) in [6, 6.07) is 21.5. The molecule has 5 nitrogen and oxygen atoms in total. The summed E-state index contributed by atoms with van der Waals surface area (Å²) in [4.78, 5) is 26.1. The fourth-order valence-corrected chi connectivity index (χ4v) is 4.62. The number of aryl methyl sites for hydroxylation is 2. The number of carbonyl (C=O) groups is 2. The first-order chi connectivity index (χ1) is 15.5. The molecule has 0 aliphatic carbocycles. The van der Waals surface area contributed by atoms with Crippen molar-refractivity contribution in [2.75, 3.05) is 0 Å². The topological polar surface area (TPSA) is 67.4 Å². The molecule has 1 saturated heterocycles. The number of amides is 2. The van der Waals surface area contributed by atoms with E-state index in [1.165, 1.54) is 0 Å². The van der Waals surface area contributed by atoms with Crippen LogP contribution < -0.4 is 15.4 Å². The quantitative estimate of drug-likeness (QED) is 0.587. The van der Waals surface area contributed by atoms with Crippen molar-refractivity contribution in [2.24, 2.45) is 5.92 Å². The van der Waals surface area contributed by atoms with Gasteiger partial charge in [-0.1, -0.05) is 54.6 Å². The number of ether oxygens (including phenoxy) is 1. The van der Waals surface area contributed by atoms with Crippen molar-refractivity contribution in [3.8, 4) is 11.5 Å². The van der Waals surface area contributed by atoms with Crippen LogP contribution in [0.15, 0.2) is 66.7 Å². The fourth-order valence-electron chi connectivity index (χ4n) is 4.62. The number of hydrogen-bond acceptors (Lipinski definition) is 3. The number of fused-ring (bicyclic) bond motifs is 2. The zero-order valence-electron chi connectivity index (χ0n) is 18.2. The van der Waals surface area contributed by atoms with Gasteiger partial charge in [0.2, 0.25) is 11.8 Å². The first-order valence-electron chi connectivity index (χ1n) is 11.0. The highest BCUT2D eigenvalue weighted by Crippen LogP contribution is 2.43. The third-order valence-electron chi connectivity index (χ3n) is 6.36. The second-order valence-corrected chi connectivity index (χ2v) is 8.73. The molecule has 0 spiro atoms. The maximum atomic E-state index is 13.3. The Morgan fingerprint density at radius 1 is 0.906 bits per heavy atom. The van der Waals surface area contributed by atoms with Crippen molar-refractivity contribution in [1.82, 2.24) is 10.6 Å². The number of nitrogens with one attached hydrogen (secondary N) is 2. The zero-order valence-corrected chi connectivity index (χ0v) is 18.2. The molecule has 0 saturated carbocycles. The van der Waals surface area contributed by atoms with E-state index in [4.69, 9.17) is 4.74 Å². The highest BCUT2D eigenvalue weighted by Gasteiger charge is 2.36. The maximum Gasteiger partial charge on any atom is 0.233 e. The lowest BCUT2D eigenvalue weighted by Gasteiger charge is -2.32. The lowest BCUT2D eigenvalue weighted by atomic mass is 9.88. The summed E-state index contributed by atoms with van der Waals surface area (Å²) in [5, 5.41) is 6.17. The molecule has 0 radical (unpaired) electrons. The van der Waals surface area contributed by atoms with Crippen LogP contribution in [0.2, 0.25) is 0 Å². The molecule has 162 valence electrons. The summed E-state index contributed by atoms with van der Waals surface area (Å²) in [5.74, 6) is 0.304. The smallest absolute Gasteiger partial charge is 0.233 e. The van der Waals surface area contributed by atoms with E-state index in [1.54, 1.807) is 0 Å². The van der Waals surface area contributed by atoms with Crippen molar-refractivity contribution in [2.45, 2.75) is 38.8 Å². The average molecular weight is 427 g/mol. The Labute approximate surface area is 187 Å². The van der Waals surface area contributed by atoms with Gasteiger partial charge in [-0.25, -0.2) is 0 Å². The van der Waals surface area contributed by atoms with Crippen molar-refractivity contribution < 1.29 is 14.3 Å². The molecule has 5 heteroatoms. The van der Waals surface area contributed by atoms with Crippen LogP contribution >= 0.6 is 0 Å². The van der Waals surface area contributed by atoms with Crippen molar-refractivity contribution in [3.05, 3.63) is 94.5 Å². The van der Waals surface area contributed by atoms with Gasteiger partial charge >= 0.3 is 0 Å². The Balaban J connectivity index is 1.38. The number of rotatable bonds is 3. The Morgan fingerprint density at radius 2 is 1.53 bits per heavy atom. The van der Waals surface area contributed by atoms with Crippen LogP contribution in [0.5, 0.6) is 11.5 Å². The second kappa shape index (κ2) is 8.15. The monoisotopic (exact) mass is 426 g/mol. The standard InChI is InChI=1S/C27H26N2O3/c1-16-8-10-19-23(14-16)32-24-15-17(2)9-11-20(24)25(19)29-27(31)21-12-13-22(28-26(21)30)18-6-4-3-5-7-18/h3-11,14-15,21-22,25H,12-13H2,1-2H3,(H,28,30)(H,29,31). The van der Waals surface area contributed by atoms with E-state index in [-0.39, 0.29) is 23.9 Å². The molecule has 3 aromatic rings. The van der Waals surface area contributed by atoms with Gasteiger partial charge in [0.1, 0.15) is 17.4 Å². The molecular formula is C27H26N2O3. The highest BCUT2D eigenvalue weighted by molar-refractivity contribution is 6.01. The van der Waals surface area contributed by atoms with E-state index >= 15 is 0 Å². The second-order valence-electron chi connectivity index (χ2n) is 8.73. The van der Waals surface area contributed by atoms with E-state index in [0.717, 1.165) is 45.7 Å². The minimum atomic E-state index is -0.708. The van der Waals surface area contributed by atoms with Gasteiger partial charge in [-0.05, 0) is 55.5 Å². The van der Waals surface area contributed by atoms with Crippen LogP contribution in [-0.4, -0.2) is 11.8 Å². The number of piperidine rings is 1. The van der Waals surface area contributed by atoms with Gasteiger partial charge in [-0.15, -0.1) is 0 Å². The van der Waals surface area contributed by atoms with E-state index in [9.17, 15) is 9.59 Å². The SMILES string of the molecule is Cc1ccc2c(c1)Oc1cc(C)ccc1C2NC(=O)C1CCC(c2ccccc2)NC1=O. The lowest BCUT2D eigenvalue weighted by molar-refractivity contribution is -0.138. The van der Waals surface area contributed by atoms with Gasteiger partial charge in [0, 0.05) is 11.1 Å². The summed E-state index contributed by atoms with van der Waals surface area (Å²) < 4.78 is 6.15. The normalized spacial score (nSPS) is 19.9. The summed E-state index contributed by atoms with van der Waals surface area (Å²) in [7, 11) is 0. The van der Waals surface area contributed by atoms with Gasteiger partial charge in [-0.3, -0.25) is 9.59 Å². The largest absolute Gasteiger partial charge is 0.457 e. The van der Waals surface area contributed by atoms with Crippen LogP contribution in [-0.2, 0) is 9.59 Å². The van der Waals surface area contributed by atoms with Gasteiger partial charge in [-0.2, -0.15) is 0 Å². The summed E-state index contributed by atoms with van der Waals surface area (Å²) in [5.41, 5.74) is 5.04. The Morgan fingerprint density at radius 3 is 2.12 bits per heavy atom. The molecule has 2 aliphatic heterocycles. The van der Waals surface area contributed by atoms with Crippen molar-refractivity contribution in [3.63, 3.8) is 0 Å². The summed E-state index contributed by atoms with van der Waals surface area (Å²) in [6.07, 6.45) is 1.25. The molecule has 3 aromatic carbocycles. The Hall–Kier alpha value is -3.60. The third kappa shape index (κ3) is 3.75. The van der Waals surface area contributed by atoms with Crippen LogP contribution in [0.1, 0.15) is 52.7 Å². The molecule has 2 amide bonds. The third-order valence-corrected chi connectivity index (χ3v) is 6.36. The lowest BCUT2D eigenvalue weighted by Crippen LogP contribution is -2.47. The molecule has 1 fully saturated rings. The van der Waals surface area contributed by atoms with Crippen molar-refractivity contribution in [1.29, 1.82) is 0 Å². The number of hydrogen-bond donors (Lipinski definition) is 2. The van der Waals surface area contributed by atoms with Gasteiger partial charge < -0.3 is 15.4 Å². The van der Waals surface area contributed by atoms with Gasteiger partial charge in [0.15, 0.2) is 0 Å². The van der Waals surface area contributed by atoms with E-state index in [0.29, 0.717) is 6.42 Å². The van der Waals surface area contributed by atoms with E-state index < -0.39 is 5.92 Å². The predicted molar refractivity (Wildman–Crippen MR) is 122 cm³/mol. The first kappa shape index (κ1) is 20.3. The van der Waals surface area contributed by atoms with Crippen LogP contribution in [0.4, 0.5) is 0 Å². The number of benzene rings is 3. The van der Waals surface area contributed by atoms with Crippen molar-refractivity contribution >= 4 is 11.8 Å². The predicted octanol–water partition coefficient (Wildman–Crippen LogP) is 4.88. The van der Waals surface area contributed by atoms with Crippen LogP contribution in [0.3, 0.4) is 0 Å². The van der Waals surface area contributed by atoms with E-state index in [1.807, 2.05) is 80.6 Å². The molecule has 2 heterocycles. The maximum absolute atomic E-state index is 13.3. The fraction of sp³-hybridized carbons (Fsp3) is 0.259. The molecule has 2 aliphatic rings. The van der Waals surface area contributed by atoms with Gasteiger partial charge in [0.25, 0.3) is 0 Å². The van der Waals surface area contributed by atoms with Crippen LogP contribution in [0, 0.1) is 19.8 Å². The molecular weight excluding hydrogens is 400 g/mol. The molecule has 0 aromatic heterocycles. The van der Waals surface area contributed by atoms with Gasteiger partial charge in [0.05, 0.1) is 12.1 Å². The number of carbonyl (C=O) groups excluding carboxylic acids is 2. The Kier molecular flexibility index (Phi) is 5.17.